The maximum Gasteiger partial charge on any atom is 0.266 e. The molecule has 0 unspecified atom stereocenters. The lowest BCUT2D eigenvalue weighted by Gasteiger charge is -2.10. The maximum atomic E-state index is 12.1. The monoisotopic (exact) mass is 409 g/mol. The molecular weight excluding hydrogens is 386 g/mol. The van der Waals surface area contributed by atoms with Crippen molar-refractivity contribution in [3.8, 4) is 28.5 Å². The lowest BCUT2D eigenvalue weighted by atomic mass is 10.1. The van der Waals surface area contributed by atoms with Crippen LogP contribution in [0.3, 0.4) is 0 Å². The molecule has 8 heteroatoms. The molecule has 0 aliphatic rings. The highest BCUT2D eigenvalue weighted by molar-refractivity contribution is 5.77. The average Bonchev–Trinajstić information content (AvgIpc) is 2.79. The molecule has 3 aromatic rings. The highest BCUT2D eigenvalue weighted by Crippen LogP contribution is 2.21. The molecule has 8 nitrogen and oxygen atoms in total. The summed E-state index contributed by atoms with van der Waals surface area (Å²) in [6.07, 6.45) is 0. The summed E-state index contributed by atoms with van der Waals surface area (Å²) in [5.41, 5.74) is 1.23. The van der Waals surface area contributed by atoms with E-state index in [2.05, 4.69) is 10.4 Å². The summed E-state index contributed by atoms with van der Waals surface area (Å²) in [6.45, 7) is 0.364. The van der Waals surface area contributed by atoms with E-state index in [1.54, 1.807) is 44.6 Å². The van der Waals surface area contributed by atoms with Crippen molar-refractivity contribution < 1.29 is 19.0 Å². The molecule has 0 aliphatic carbocycles. The molecule has 1 amide bonds. The van der Waals surface area contributed by atoms with Gasteiger partial charge in [-0.1, -0.05) is 12.1 Å². The standard InChI is InChI=1S/C22H23N3O5/c1-28-17-6-8-18(9-7-17)30-15-21(26)23-12-13-25-22(27)11-10-20(24-25)16-4-3-5-19(14-16)29-2/h3-11,14H,12-13,15H2,1-2H3,(H,23,26). The fourth-order valence-electron chi connectivity index (χ4n) is 2.72. The van der Waals surface area contributed by atoms with Gasteiger partial charge in [0.25, 0.3) is 11.5 Å². The van der Waals surface area contributed by atoms with E-state index >= 15 is 0 Å². The van der Waals surface area contributed by atoms with Crippen molar-refractivity contribution in [2.24, 2.45) is 0 Å². The zero-order valence-electron chi connectivity index (χ0n) is 16.8. The van der Waals surface area contributed by atoms with E-state index in [4.69, 9.17) is 14.2 Å². The van der Waals surface area contributed by atoms with Crippen LogP contribution in [0.25, 0.3) is 11.3 Å². The average molecular weight is 409 g/mol. The molecule has 2 aromatic carbocycles. The fraction of sp³-hybridized carbons (Fsp3) is 0.227. The molecule has 156 valence electrons. The van der Waals surface area contributed by atoms with Crippen molar-refractivity contribution in [3.63, 3.8) is 0 Å². The molecule has 0 atom stereocenters. The molecule has 0 saturated carbocycles. The number of hydrogen-bond donors (Lipinski definition) is 1. The summed E-state index contributed by atoms with van der Waals surface area (Å²) < 4.78 is 17.0. The number of methoxy groups -OCH3 is 2. The Morgan fingerprint density at radius 2 is 1.70 bits per heavy atom. The van der Waals surface area contributed by atoms with E-state index in [-0.39, 0.29) is 31.2 Å². The van der Waals surface area contributed by atoms with Crippen LogP contribution in [0.4, 0.5) is 0 Å². The lowest BCUT2D eigenvalue weighted by molar-refractivity contribution is -0.123. The van der Waals surface area contributed by atoms with Crippen LogP contribution >= 0.6 is 0 Å². The van der Waals surface area contributed by atoms with E-state index < -0.39 is 0 Å². The third-order valence-electron chi connectivity index (χ3n) is 4.31. The number of rotatable bonds is 9. The van der Waals surface area contributed by atoms with Crippen molar-refractivity contribution in [2.45, 2.75) is 6.54 Å². The Morgan fingerprint density at radius 1 is 0.967 bits per heavy atom. The van der Waals surface area contributed by atoms with Crippen molar-refractivity contribution in [3.05, 3.63) is 71.0 Å². The largest absolute Gasteiger partial charge is 0.497 e. The predicted octanol–water partition coefficient (Wildman–Crippen LogP) is 2.12. The van der Waals surface area contributed by atoms with Crippen LogP contribution in [0, 0.1) is 0 Å². The number of nitrogens with zero attached hydrogens (tertiary/aromatic N) is 2. The second-order valence-corrected chi connectivity index (χ2v) is 6.33. The number of hydrogen-bond acceptors (Lipinski definition) is 6. The molecule has 0 radical (unpaired) electrons. The van der Waals surface area contributed by atoms with Gasteiger partial charge in [-0.25, -0.2) is 4.68 Å². The molecule has 0 spiro atoms. The normalized spacial score (nSPS) is 10.3. The summed E-state index contributed by atoms with van der Waals surface area (Å²) in [5.74, 6) is 1.69. The van der Waals surface area contributed by atoms with E-state index in [1.165, 1.54) is 10.7 Å². The van der Waals surface area contributed by atoms with Crippen LogP contribution in [0.15, 0.2) is 65.5 Å². The van der Waals surface area contributed by atoms with E-state index in [0.29, 0.717) is 22.9 Å². The van der Waals surface area contributed by atoms with Gasteiger partial charge in [0.1, 0.15) is 17.2 Å². The first-order chi connectivity index (χ1) is 14.6. The van der Waals surface area contributed by atoms with Gasteiger partial charge in [0.2, 0.25) is 0 Å². The van der Waals surface area contributed by atoms with Crippen molar-refractivity contribution in [2.75, 3.05) is 27.4 Å². The lowest BCUT2D eigenvalue weighted by Crippen LogP contribution is -2.34. The first kappa shape index (κ1) is 20.9. The van der Waals surface area contributed by atoms with Crippen molar-refractivity contribution >= 4 is 5.91 Å². The first-order valence-electron chi connectivity index (χ1n) is 9.35. The Labute approximate surface area is 174 Å². The van der Waals surface area contributed by atoms with Crippen LogP contribution in [-0.2, 0) is 11.3 Å². The third kappa shape index (κ3) is 5.60. The molecule has 0 aliphatic heterocycles. The quantitative estimate of drug-likeness (QED) is 0.582. The molecule has 30 heavy (non-hydrogen) atoms. The molecule has 0 fully saturated rings. The minimum Gasteiger partial charge on any atom is -0.497 e. The zero-order chi connectivity index (χ0) is 21.3. The molecular formula is C22H23N3O5. The number of carbonyl (C=O) groups is 1. The number of nitrogens with one attached hydrogen (secondary N) is 1. The van der Waals surface area contributed by atoms with Crippen LogP contribution in [0.5, 0.6) is 17.2 Å². The third-order valence-corrected chi connectivity index (χ3v) is 4.31. The Bertz CT molecular complexity index is 1050. The summed E-state index contributed by atoms with van der Waals surface area (Å²) in [6, 6.07) is 17.5. The minimum atomic E-state index is -0.289. The molecule has 0 saturated heterocycles. The summed E-state index contributed by atoms with van der Waals surface area (Å²) in [4.78, 5) is 24.1. The van der Waals surface area contributed by atoms with Gasteiger partial charge in [-0.3, -0.25) is 9.59 Å². The first-order valence-corrected chi connectivity index (χ1v) is 9.35. The van der Waals surface area contributed by atoms with Gasteiger partial charge >= 0.3 is 0 Å². The van der Waals surface area contributed by atoms with Crippen LogP contribution in [0.2, 0.25) is 0 Å². The Kier molecular flexibility index (Phi) is 7.05. The topological polar surface area (TPSA) is 91.7 Å². The van der Waals surface area contributed by atoms with E-state index in [1.807, 2.05) is 24.3 Å². The van der Waals surface area contributed by atoms with Crippen molar-refractivity contribution in [1.82, 2.24) is 15.1 Å². The van der Waals surface area contributed by atoms with Gasteiger partial charge in [-0.15, -0.1) is 0 Å². The van der Waals surface area contributed by atoms with Crippen molar-refractivity contribution in [1.29, 1.82) is 0 Å². The highest BCUT2D eigenvalue weighted by Gasteiger charge is 2.07. The van der Waals surface area contributed by atoms with Gasteiger partial charge in [0.15, 0.2) is 6.61 Å². The van der Waals surface area contributed by atoms with Gasteiger partial charge in [0.05, 0.1) is 26.5 Å². The van der Waals surface area contributed by atoms with Gasteiger partial charge < -0.3 is 19.5 Å². The SMILES string of the molecule is COc1ccc(OCC(=O)NCCn2nc(-c3cccc(OC)c3)ccc2=O)cc1. The molecule has 1 N–H and O–H groups in total. The van der Waals surface area contributed by atoms with E-state index in [9.17, 15) is 9.59 Å². The highest BCUT2D eigenvalue weighted by atomic mass is 16.5. The smallest absolute Gasteiger partial charge is 0.266 e. The van der Waals surface area contributed by atoms with Gasteiger partial charge in [-0.05, 0) is 42.5 Å². The molecule has 1 heterocycles. The van der Waals surface area contributed by atoms with Crippen LogP contribution in [-0.4, -0.2) is 43.1 Å². The van der Waals surface area contributed by atoms with Crippen LogP contribution < -0.4 is 25.1 Å². The second-order valence-electron chi connectivity index (χ2n) is 6.33. The summed E-state index contributed by atoms with van der Waals surface area (Å²) in [5, 5.41) is 7.10. The number of carbonyl (C=O) groups excluding carboxylic acids is 1. The fourth-order valence-corrected chi connectivity index (χ4v) is 2.72. The molecule has 1 aromatic heterocycles. The Morgan fingerprint density at radius 3 is 2.43 bits per heavy atom. The number of aromatic nitrogens is 2. The van der Waals surface area contributed by atoms with Crippen LogP contribution in [0.1, 0.15) is 0 Å². The summed E-state index contributed by atoms with van der Waals surface area (Å²) in [7, 11) is 3.17. The summed E-state index contributed by atoms with van der Waals surface area (Å²) >= 11 is 0. The van der Waals surface area contributed by atoms with E-state index in [0.717, 1.165) is 5.56 Å². The Hall–Kier alpha value is -3.81. The predicted molar refractivity (Wildman–Crippen MR) is 112 cm³/mol. The minimum absolute atomic E-state index is 0.126. The van der Waals surface area contributed by atoms with Gasteiger partial charge in [-0.2, -0.15) is 5.10 Å². The zero-order valence-corrected chi connectivity index (χ0v) is 16.8. The number of ether oxygens (including phenoxy) is 3. The second kappa shape index (κ2) is 10.1. The Balaban J connectivity index is 1.53. The molecule has 0 bridgehead atoms. The maximum absolute atomic E-state index is 12.1. The van der Waals surface area contributed by atoms with Gasteiger partial charge in [0, 0.05) is 18.2 Å². The number of benzene rings is 2. The number of amides is 1. The molecule has 3 rings (SSSR count).